The molecular weight excluding hydrogens is 549 g/mol. The highest BCUT2D eigenvalue weighted by Gasteiger charge is 2.32. The first-order chi connectivity index (χ1) is 17.0. The monoisotopic (exact) mass is 575 g/mol. The van der Waals surface area contributed by atoms with Crippen molar-refractivity contribution in [3.8, 4) is 0 Å². The molecule has 3 aromatic carbocycles. The Morgan fingerprint density at radius 1 is 0.972 bits per heavy atom. The molecule has 3 rings (SSSR count). The maximum absolute atomic E-state index is 13.7. The van der Waals surface area contributed by atoms with Crippen molar-refractivity contribution in [2.75, 3.05) is 17.9 Å². The first-order valence-corrected chi connectivity index (χ1v) is 13.4. The maximum atomic E-state index is 13.7. The van der Waals surface area contributed by atoms with Gasteiger partial charge in [-0.25, -0.2) is 12.8 Å². The summed E-state index contributed by atoms with van der Waals surface area (Å²) in [6.45, 7) is 2.85. The van der Waals surface area contributed by atoms with Crippen molar-refractivity contribution in [2.24, 2.45) is 0 Å². The van der Waals surface area contributed by atoms with Crippen LogP contribution in [0.3, 0.4) is 0 Å². The van der Waals surface area contributed by atoms with Crippen LogP contribution in [0.4, 0.5) is 10.1 Å². The summed E-state index contributed by atoms with van der Waals surface area (Å²) in [5.41, 5.74) is 1.78. The van der Waals surface area contributed by atoms with Gasteiger partial charge < -0.3 is 10.2 Å². The highest BCUT2D eigenvalue weighted by molar-refractivity contribution is 9.10. The quantitative estimate of drug-likeness (QED) is 0.413. The average molecular weight is 576 g/mol. The van der Waals surface area contributed by atoms with Crippen LogP contribution in [0.1, 0.15) is 18.1 Å². The van der Waals surface area contributed by atoms with Crippen LogP contribution in [0, 0.1) is 12.7 Å². The minimum absolute atomic E-state index is 0.00748. The molecule has 1 N–H and O–H groups in total. The van der Waals surface area contributed by atoms with Crippen LogP contribution < -0.4 is 9.62 Å². The third-order valence-electron chi connectivity index (χ3n) is 5.68. The molecule has 0 saturated heterocycles. The van der Waals surface area contributed by atoms with Crippen LogP contribution in [-0.2, 0) is 26.2 Å². The lowest BCUT2D eigenvalue weighted by Crippen LogP contribution is -2.50. The fourth-order valence-corrected chi connectivity index (χ4v) is 5.23. The van der Waals surface area contributed by atoms with Gasteiger partial charge in [0.1, 0.15) is 18.4 Å². The Bertz CT molecular complexity index is 1310. The fourth-order valence-electron chi connectivity index (χ4n) is 3.55. The van der Waals surface area contributed by atoms with E-state index in [1.54, 1.807) is 43.3 Å². The third kappa shape index (κ3) is 6.50. The first kappa shape index (κ1) is 27.3. The normalized spacial score (nSPS) is 12.0. The summed E-state index contributed by atoms with van der Waals surface area (Å²) in [4.78, 5) is 27.4. The first-order valence-electron chi connectivity index (χ1n) is 11.1. The van der Waals surface area contributed by atoms with Gasteiger partial charge in [0.15, 0.2) is 0 Å². The molecule has 0 aromatic heterocycles. The molecule has 190 valence electrons. The van der Waals surface area contributed by atoms with Crippen molar-refractivity contribution in [2.45, 2.75) is 31.3 Å². The Labute approximate surface area is 219 Å². The van der Waals surface area contributed by atoms with Gasteiger partial charge in [-0.15, -0.1) is 0 Å². The molecule has 0 bridgehead atoms. The van der Waals surface area contributed by atoms with E-state index in [2.05, 4.69) is 21.2 Å². The molecule has 0 fully saturated rings. The van der Waals surface area contributed by atoms with E-state index in [0.29, 0.717) is 11.3 Å². The molecule has 36 heavy (non-hydrogen) atoms. The number of sulfonamides is 1. The fraction of sp³-hybridized carbons (Fsp3) is 0.231. The van der Waals surface area contributed by atoms with Gasteiger partial charge in [-0.1, -0.05) is 45.8 Å². The third-order valence-corrected chi connectivity index (χ3v) is 8.00. The molecule has 0 aliphatic rings. The van der Waals surface area contributed by atoms with Gasteiger partial charge in [-0.3, -0.25) is 13.9 Å². The number of benzene rings is 3. The number of nitrogens with zero attached hydrogens (tertiary/aromatic N) is 2. The Kier molecular flexibility index (Phi) is 8.86. The Morgan fingerprint density at radius 2 is 1.56 bits per heavy atom. The van der Waals surface area contributed by atoms with Crippen LogP contribution in [0.2, 0.25) is 0 Å². The second-order valence-corrected chi connectivity index (χ2v) is 11.0. The summed E-state index contributed by atoms with van der Waals surface area (Å²) in [6.07, 6.45) is 0. The highest BCUT2D eigenvalue weighted by Crippen LogP contribution is 2.26. The summed E-state index contributed by atoms with van der Waals surface area (Å²) in [7, 11) is -2.67. The molecule has 7 nitrogen and oxygen atoms in total. The van der Waals surface area contributed by atoms with Crippen molar-refractivity contribution >= 4 is 43.5 Å². The zero-order chi connectivity index (χ0) is 26.5. The van der Waals surface area contributed by atoms with Gasteiger partial charge in [-0.2, -0.15) is 0 Å². The lowest BCUT2D eigenvalue weighted by atomic mass is 10.1. The lowest BCUT2D eigenvalue weighted by molar-refractivity contribution is -0.139. The predicted octanol–water partition coefficient (Wildman–Crippen LogP) is 4.26. The second-order valence-electron chi connectivity index (χ2n) is 8.24. The Balaban J connectivity index is 2.01. The molecule has 0 heterocycles. The van der Waals surface area contributed by atoms with Crippen molar-refractivity contribution < 1.29 is 22.4 Å². The SMILES string of the molecule is CNC(=O)[C@H](C)N(Cc1ccc(F)cc1)C(=O)CN(c1ccc(Br)cc1)S(=O)(=O)c1ccc(C)cc1. The second kappa shape index (κ2) is 11.7. The number of amides is 2. The van der Waals surface area contributed by atoms with Gasteiger partial charge >= 0.3 is 0 Å². The molecule has 0 spiro atoms. The van der Waals surface area contributed by atoms with Crippen molar-refractivity contribution in [1.29, 1.82) is 0 Å². The van der Waals surface area contributed by atoms with Crippen molar-refractivity contribution in [1.82, 2.24) is 10.2 Å². The Morgan fingerprint density at radius 3 is 2.11 bits per heavy atom. The van der Waals surface area contributed by atoms with Gasteiger partial charge in [-0.05, 0) is 67.9 Å². The predicted molar refractivity (Wildman–Crippen MR) is 140 cm³/mol. The summed E-state index contributed by atoms with van der Waals surface area (Å²) < 4.78 is 42.5. The Hall–Kier alpha value is -3.24. The molecule has 0 unspecified atom stereocenters. The van der Waals surface area contributed by atoms with Crippen molar-refractivity contribution in [3.63, 3.8) is 0 Å². The van der Waals surface area contributed by atoms with Crippen LogP contribution in [0.25, 0.3) is 0 Å². The minimum Gasteiger partial charge on any atom is -0.357 e. The number of anilines is 1. The number of hydrogen-bond donors (Lipinski definition) is 1. The standard InChI is InChI=1S/C26H27BrFN3O4S/c1-18-4-14-24(15-5-18)36(34,35)31(23-12-8-21(27)9-13-23)17-25(32)30(19(2)26(33)29-3)16-20-6-10-22(28)11-7-20/h4-15,19H,16-17H2,1-3H3,(H,29,33)/t19-/m0/s1. The van der Waals surface area contributed by atoms with E-state index >= 15 is 0 Å². The van der Waals surface area contributed by atoms with E-state index in [4.69, 9.17) is 0 Å². The summed E-state index contributed by atoms with van der Waals surface area (Å²) in [5.74, 6) is -1.43. The number of carbonyl (C=O) groups excluding carboxylic acids is 2. The van der Waals surface area contributed by atoms with Gasteiger partial charge in [0.25, 0.3) is 10.0 Å². The van der Waals surface area contributed by atoms with Crippen LogP contribution in [-0.4, -0.2) is 44.8 Å². The average Bonchev–Trinajstić information content (AvgIpc) is 2.86. The highest BCUT2D eigenvalue weighted by atomic mass is 79.9. The van der Waals surface area contributed by atoms with E-state index in [9.17, 15) is 22.4 Å². The number of hydrogen-bond acceptors (Lipinski definition) is 4. The molecular formula is C26H27BrFN3O4S. The van der Waals surface area contributed by atoms with Crippen LogP contribution in [0.15, 0.2) is 82.2 Å². The van der Waals surface area contributed by atoms with E-state index in [1.165, 1.54) is 48.3 Å². The lowest BCUT2D eigenvalue weighted by Gasteiger charge is -2.31. The minimum atomic E-state index is -4.12. The number of carbonyl (C=O) groups is 2. The topological polar surface area (TPSA) is 86.8 Å². The number of rotatable bonds is 9. The van der Waals surface area contributed by atoms with Gasteiger partial charge in [0.05, 0.1) is 10.6 Å². The van der Waals surface area contributed by atoms with E-state index in [0.717, 1.165) is 14.3 Å². The molecule has 0 saturated carbocycles. The summed E-state index contributed by atoms with van der Waals surface area (Å²) in [5, 5.41) is 2.52. The smallest absolute Gasteiger partial charge is 0.264 e. The van der Waals surface area contributed by atoms with Crippen LogP contribution in [0.5, 0.6) is 0 Å². The van der Waals surface area contributed by atoms with E-state index < -0.39 is 40.2 Å². The number of likely N-dealkylation sites (N-methyl/N-ethyl adjacent to an activating group) is 1. The summed E-state index contributed by atoms with van der Waals surface area (Å²) in [6, 6.07) is 17.6. The summed E-state index contributed by atoms with van der Waals surface area (Å²) >= 11 is 3.34. The molecule has 0 aliphatic heterocycles. The van der Waals surface area contributed by atoms with Gasteiger partial charge in [0, 0.05) is 18.1 Å². The zero-order valence-corrected chi connectivity index (χ0v) is 22.5. The number of aryl methyl sites for hydroxylation is 1. The largest absolute Gasteiger partial charge is 0.357 e. The number of halogens is 2. The molecule has 1 atom stereocenters. The van der Waals surface area contributed by atoms with Crippen LogP contribution >= 0.6 is 15.9 Å². The molecule has 10 heteroatoms. The van der Waals surface area contributed by atoms with Crippen molar-refractivity contribution in [3.05, 3.63) is 94.2 Å². The van der Waals surface area contributed by atoms with Gasteiger partial charge in [0.2, 0.25) is 11.8 Å². The zero-order valence-electron chi connectivity index (χ0n) is 20.1. The van der Waals surface area contributed by atoms with E-state index in [1.807, 2.05) is 6.92 Å². The molecule has 0 aliphatic carbocycles. The number of nitrogens with one attached hydrogen (secondary N) is 1. The molecule has 2 amide bonds. The van der Waals surface area contributed by atoms with E-state index in [-0.39, 0.29) is 11.4 Å². The molecule has 3 aromatic rings. The molecule has 0 radical (unpaired) electrons. The maximum Gasteiger partial charge on any atom is 0.264 e.